The van der Waals surface area contributed by atoms with E-state index in [1.807, 2.05) is 11.7 Å². The zero-order chi connectivity index (χ0) is 12.6. The van der Waals surface area contributed by atoms with E-state index in [9.17, 15) is 4.79 Å². The van der Waals surface area contributed by atoms with E-state index in [4.69, 9.17) is 0 Å². The van der Waals surface area contributed by atoms with Gasteiger partial charge < -0.3 is 10.2 Å². The number of rotatable bonds is 2. The van der Waals surface area contributed by atoms with Gasteiger partial charge in [0, 0.05) is 26.1 Å². The molecule has 1 aromatic heterocycles. The van der Waals surface area contributed by atoms with E-state index in [0.29, 0.717) is 12.5 Å². The summed E-state index contributed by atoms with van der Waals surface area (Å²) in [6, 6.07) is 0.363. The van der Waals surface area contributed by atoms with Crippen molar-refractivity contribution in [3.63, 3.8) is 0 Å². The van der Waals surface area contributed by atoms with Crippen LogP contribution in [-0.4, -0.2) is 28.3 Å². The molecule has 1 N–H and O–H groups in total. The fourth-order valence-electron chi connectivity index (χ4n) is 2.31. The summed E-state index contributed by atoms with van der Waals surface area (Å²) in [6.07, 6.45) is 1.37. The van der Waals surface area contributed by atoms with E-state index in [1.165, 1.54) is 0 Å². The number of carbonyl (C=O) groups excluding carboxylic acids is 1. The van der Waals surface area contributed by atoms with Crippen molar-refractivity contribution in [3.8, 4) is 0 Å². The minimum atomic E-state index is 0.0806. The normalized spacial score (nSPS) is 15.8. The molecule has 2 heterocycles. The summed E-state index contributed by atoms with van der Waals surface area (Å²) in [5, 5.41) is 7.46. The van der Waals surface area contributed by atoms with Crippen LogP contribution in [0.5, 0.6) is 0 Å². The molecule has 1 aliphatic rings. The number of aromatic nitrogens is 2. The zero-order valence-electron chi connectivity index (χ0n) is 10.9. The zero-order valence-corrected chi connectivity index (χ0v) is 10.9. The predicted octanol–water partition coefficient (Wildman–Crippen LogP) is 1.54. The van der Waals surface area contributed by atoms with Crippen molar-refractivity contribution in [2.45, 2.75) is 39.7 Å². The van der Waals surface area contributed by atoms with Gasteiger partial charge in [0.2, 0.25) is 5.91 Å². The maximum Gasteiger partial charge on any atom is 0.226 e. The summed E-state index contributed by atoms with van der Waals surface area (Å²) in [7, 11) is 1.94. The number of nitrogens with zero attached hydrogens (tertiary/aromatic N) is 3. The second kappa shape index (κ2) is 4.39. The lowest BCUT2D eigenvalue weighted by molar-refractivity contribution is -0.116. The number of anilines is 2. The largest absolute Gasteiger partial charge is 0.352 e. The molecule has 5 nitrogen and oxygen atoms in total. The highest BCUT2D eigenvalue weighted by Crippen LogP contribution is 2.33. The van der Waals surface area contributed by atoms with Crippen molar-refractivity contribution >= 4 is 17.4 Å². The van der Waals surface area contributed by atoms with Gasteiger partial charge in [-0.2, -0.15) is 5.10 Å². The van der Waals surface area contributed by atoms with E-state index in [1.54, 1.807) is 0 Å². The molecule has 0 aromatic carbocycles. The molecule has 94 valence electrons. The topological polar surface area (TPSA) is 50.2 Å². The van der Waals surface area contributed by atoms with E-state index in [0.717, 1.165) is 30.2 Å². The molecule has 0 saturated heterocycles. The lowest BCUT2D eigenvalue weighted by Gasteiger charge is -2.27. The average Bonchev–Trinajstić information content (AvgIpc) is 2.47. The van der Waals surface area contributed by atoms with E-state index < -0.39 is 0 Å². The third kappa shape index (κ3) is 2.01. The Hall–Kier alpha value is -1.52. The third-order valence-electron chi connectivity index (χ3n) is 3.16. The monoisotopic (exact) mass is 236 g/mol. The molecule has 0 radical (unpaired) electrons. The van der Waals surface area contributed by atoms with Gasteiger partial charge in [0.1, 0.15) is 5.69 Å². The first-order valence-corrected chi connectivity index (χ1v) is 6.17. The van der Waals surface area contributed by atoms with Crippen molar-refractivity contribution in [3.05, 3.63) is 5.69 Å². The molecule has 0 aliphatic carbocycles. The SMILES string of the molecule is CCc1nn(C)c2c1NC(=O)CCN2C(C)C. The van der Waals surface area contributed by atoms with Crippen molar-refractivity contribution in [2.75, 3.05) is 16.8 Å². The summed E-state index contributed by atoms with van der Waals surface area (Å²) in [5.41, 5.74) is 1.86. The standard InChI is InChI=1S/C12H20N4O/c1-5-9-11-12(15(4)14-9)16(8(2)3)7-6-10(17)13-11/h8H,5-7H2,1-4H3,(H,13,17). The Morgan fingerprint density at radius 2 is 2.18 bits per heavy atom. The molecular weight excluding hydrogens is 216 g/mol. The van der Waals surface area contributed by atoms with Crippen LogP contribution in [-0.2, 0) is 18.3 Å². The van der Waals surface area contributed by atoms with E-state index in [2.05, 4.69) is 36.1 Å². The van der Waals surface area contributed by atoms with Gasteiger partial charge in [-0.1, -0.05) is 6.92 Å². The van der Waals surface area contributed by atoms with Gasteiger partial charge in [-0.05, 0) is 20.3 Å². The smallest absolute Gasteiger partial charge is 0.226 e. The maximum absolute atomic E-state index is 11.7. The lowest BCUT2D eigenvalue weighted by atomic mass is 10.2. The number of amides is 1. The Morgan fingerprint density at radius 1 is 1.47 bits per heavy atom. The Bertz CT molecular complexity index is 436. The predicted molar refractivity (Wildman–Crippen MR) is 68.3 cm³/mol. The molecule has 1 aliphatic heterocycles. The maximum atomic E-state index is 11.7. The molecule has 0 saturated carbocycles. The molecule has 0 unspecified atom stereocenters. The van der Waals surface area contributed by atoms with Crippen LogP contribution in [0, 0.1) is 0 Å². The number of nitrogens with one attached hydrogen (secondary N) is 1. The fourth-order valence-corrected chi connectivity index (χ4v) is 2.31. The molecule has 0 fully saturated rings. The minimum absolute atomic E-state index is 0.0806. The molecule has 1 amide bonds. The summed E-state index contributed by atoms with van der Waals surface area (Å²) in [6.45, 7) is 7.08. The highest BCUT2D eigenvalue weighted by Gasteiger charge is 2.27. The van der Waals surface area contributed by atoms with Crippen LogP contribution < -0.4 is 10.2 Å². The molecule has 0 atom stereocenters. The summed E-state index contributed by atoms with van der Waals surface area (Å²) >= 11 is 0. The van der Waals surface area contributed by atoms with Crippen LogP contribution >= 0.6 is 0 Å². The van der Waals surface area contributed by atoms with Gasteiger partial charge in [-0.3, -0.25) is 9.48 Å². The van der Waals surface area contributed by atoms with E-state index in [-0.39, 0.29) is 5.91 Å². The number of carbonyl (C=O) groups is 1. The Kier molecular flexibility index (Phi) is 3.09. The molecule has 0 spiro atoms. The Labute approximate surface area is 102 Å². The second-order valence-corrected chi connectivity index (χ2v) is 4.71. The number of fused-ring (bicyclic) bond motifs is 1. The highest BCUT2D eigenvalue weighted by molar-refractivity contribution is 5.96. The molecule has 17 heavy (non-hydrogen) atoms. The highest BCUT2D eigenvalue weighted by atomic mass is 16.1. The van der Waals surface area contributed by atoms with Gasteiger partial charge >= 0.3 is 0 Å². The summed E-state index contributed by atoms with van der Waals surface area (Å²) in [5.74, 6) is 1.11. The number of hydrogen-bond donors (Lipinski definition) is 1. The lowest BCUT2D eigenvalue weighted by Crippen LogP contribution is -2.33. The van der Waals surface area contributed by atoms with Crippen LogP contribution in [0.3, 0.4) is 0 Å². The molecule has 1 aromatic rings. The van der Waals surface area contributed by atoms with Gasteiger partial charge in [0.15, 0.2) is 5.82 Å². The number of hydrogen-bond acceptors (Lipinski definition) is 3. The molecule has 5 heteroatoms. The minimum Gasteiger partial charge on any atom is -0.352 e. The quantitative estimate of drug-likeness (QED) is 0.847. The molecule has 0 bridgehead atoms. The molecule has 2 rings (SSSR count). The average molecular weight is 236 g/mol. The van der Waals surface area contributed by atoms with Gasteiger partial charge in [-0.15, -0.1) is 0 Å². The summed E-state index contributed by atoms with van der Waals surface area (Å²) < 4.78 is 1.87. The van der Waals surface area contributed by atoms with Crippen LogP contribution in [0.1, 0.15) is 32.9 Å². The first kappa shape index (κ1) is 12.0. The van der Waals surface area contributed by atoms with Crippen LogP contribution in [0.25, 0.3) is 0 Å². The van der Waals surface area contributed by atoms with E-state index >= 15 is 0 Å². The van der Waals surface area contributed by atoms with Gasteiger partial charge in [0.05, 0.1) is 5.69 Å². The summed E-state index contributed by atoms with van der Waals surface area (Å²) in [4.78, 5) is 14.0. The first-order valence-electron chi connectivity index (χ1n) is 6.17. The Balaban J connectivity index is 2.53. The molecular formula is C12H20N4O. The number of aryl methyl sites for hydroxylation is 2. The Morgan fingerprint density at radius 3 is 2.76 bits per heavy atom. The fraction of sp³-hybridized carbons (Fsp3) is 0.667. The van der Waals surface area contributed by atoms with Crippen LogP contribution in [0.15, 0.2) is 0 Å². The van der Waals surface area contributed by atoms with Crippen molar-refractivity contribution in [2.24, 2.45) is 7.05 Å². The van der Waals surface area contributed by atoms with Crippen molar-refractivity contribution in [1.82, 2.24) is 9.78 Å². The first-order chi connectivity index (χ1) is 8.04. The third-order valence-corrected chi connectivity index (χ3v) is 3.16. The van der Waals surface area contributed by atoms with Crippen molar-refractivity contribution < 1.29 is 4.79 Å². The van der Waals surface area contributed by atoms with Crippen molar-refractivity contribution in [1.29, 1.82) is 0 Å². The van der Waals surface area contributed by atoms with Gasteiger partial charge in [-0.25, -0.2) is 0 Å². The van der Waals surface area contributed by atoms with Gasteiger partial charge in [0.25, 0.3) is 0 Å². The van der Waals surface area contributed by atoms with Crippen LogP contribution in [0.2, 0.25) is 0 Å². The van der Waals surface area contributed by atoms with Crippen LogP contribution in [0.4, 0.5) is 11.5 Å². The second-order valence-electron chi connectivity index (χ2n) is 4.71.